The molecule has 4 aromatic rings. The summed E-state index contributed by atoms with van der Waals surface area (Å²) in [5, 5.41) is 12.1. The van der Waals surface area contributed by atoms with Crippen LogP contribution in [0.25, 0.3) is 16.0 Å². The van der Waals surface area contributed by atoms with Crippen LogP contribution in [0.3, 0.4) is 0 Å². The van der Waals surface area contributed by atoms with Crippen molar-refractivity contribution < 1.29 is 24.2 Å². The van der Waals surface area contributed by atoms with Crippen molar-refractivity contribution in [2.24, 2.45) is 0 Å². The number of ketones is 1. The fourth-order valence-electron chi connectivity index (χ4n) is 4.15. The number of aliphatic hydroxyl groups excluding tert-OH is 1. The van der Waals surface area contributed by atoms with Gasteiger partial charge in [0.05, 0.1) is 35.5 Å². The largest absolute Gasteiger partial charge is 0.507 e. The number of aromatic nitrogens is 1. The molecular weight excluding hydrogens is 500 g/mol. The third kappa shape index (κ3) is 4.19. The fourth-order valence-corrected chi connectivity index (χ4v) is 5.29. The number of carbonyl (C=O) groups excluding carboxylic acids is 2. The van der Waals surface area contributed by atoms with Crippen molar-refractivity contribution in [2.75, 3.05) is 18.6 Å². The van der Waals surface area contributed by atoms with Crippen LogP contribution in [-0.4, -0.2) is 35.5 Å². The fraction of sp³-hybridized carbons (Fsp3) is 0.148. The van der Waals surface area contributed by atoms with Crippen LogP contribution in [0.4, 0.5) is 5.13 Å². The molecule has 1 N–H and O–H groups in total. The van der Waals surface area contributed by atoms with E-state index < -0.39 is 17.7 Å². The molecule has 0 bridgehead atoms. The lowest BCUT2D eigenvalue weighted by molar-refractivity contribution is -0.132. The molecule has 1 unspecified atom stereocenters. The molecule has 9 heteroatoms. The summed E-state index contributed by atoms with van der Waals surface area (Å²) in [6, 6.07) is 18.0. The second-order valence-electron chi connectivity index (χ2n) is 8.01. The Morgan fingerprint density at radius 3 is 2.42 bits per heavy atom. The number of fused-ring (bicyclic) bond motifs is 1. The Labute approximate surface area is 216 Å². The second-order valence-corrected chi connectivity index (χ2v) is 9.45. The average Bonchev–Trinajstić information content (AvgIpc) is 3.42. The van der Waals surface area contributed by atoms with Crippen molar-refractivity contribution in [3.8, 4) is 11.5 Å². The van der Waals surface area contributed by atoms with Crippen molar-refractivity contribution in [3.63, 3.8) is 0 Å². The lowest BCUT2D eigenvalue weighted by atomic mass is 9.95. The number of anilines is 1. The lowest BCUT2D eigenvalue weighted by Gasteiger charge is -2.23. The Kier molecular flexibility index (Phi) is 6.38. The number of ether oxygens (including phenoxy) is 2. The molecule has 1 aliphatic heterocycles. The first-order chi connectivity index (χ1) is 17.4. The minimum atomic E-state index is -0.892. The van der Waals surface area contributed by atoms with E-state index in [0.29, 0.717) is 44.9 Å². The van der Waals surface area contributed by atoms with E-state index >= 15 is 0 Å². The SMILES string of the molecule is CCOc1ccc2nc(N3C(=O)C(=O)/C(=C(/O)c4ccc(OC)cc4)C3c3ccc(Cl)cc3)sc2c1. The summed E-state index contributed by atoms with van der Waals surface area (Å²) in [4.78, 5) is 32.7. The van der Waals surface area contributed by atoms with Gasteiger partial charge >= 0.3 is 5.91 Å². The van der Waals surface area contributed by atoms with Gasteiger partial charge in [-0.3, -0.25) is 14.5 Å². The standard InChI is InChI=1S/C27H21ClN2O5S/c1-3-35-19-12-13-20-21(14-19)36-27(29-20)30-23(15-4-8-17(28)9-5-15)22(25(32)26(30)33)24(31)16-6-10-18(34-2)11-7-16/h4-14,23,31H,3H2,1-2H3/b24-22+. The first-order valence-corrected chi connectivity index (χ1v) is 12.3. The third-order valence-electron chi connectivity index (χ3n) is 5.86. The zero-order valence-corrected chi connectivity index (χ0v) is 21.0. The van der Waals surface area contributed by atoms with Crippen LogP contribution in [0.1, 0.15) is 24.1 Å². The Hall–Kier alpha value is -3.88. The summed E-state index contributed by atoms with van der Waals surface area (Å²) in [7, 11) is 1.54. The minimum absolute atomic E-state index is 0.0262. The number of methoxy groups -OCH3 is 1. The van der Waals surface area contributed by atoms with Gasteiger partial charge in [-0.2, -0.15) is 0 Å². The van der Waals surface area contributed by atoms with Crippen molar-refractivity contribution in [3.05, 3.63) is 88.5 Å². The smallest absolute Gasteiger partial charge is 0.301 e. The highest BCUT2D eigenvalue weighted by atomic mass is 35.5. The Morgan fingerprint density at radius 1 is 1.06 bits per heavy atom. The van der Waals surface area contributed by atoms with Gasteiger partial charge in [-0.1, -0.05) is 35.1 Å². The van der Waals surface area contributed by atoms with E-state index in [4.69, 9.17) is 21.1 Å². The van der Waals surface area contributed by atoms with E-state index in [2.05, 4.69) is 4.98 Å². The number of thiazole rings is 1. The molecule has 2 heterocycles. The van der Waals surface area contributed by atoms with Crippen LogP contribution in [0.15, 0.2) is 72.3 Å². The third-order valence-corrected chi connectivity index (χ3v) is 7.13. The molecule has 7 nitrogen and oxygen atoms in total. The molecule has 1 aliphatic rings. The lowest BCUT2D eigenvalue weighted by Crippen LogP contribution is -2.29. The minimum Gasteiger partial charge on any atom is -0.507 e. The number of nitrogens with zero attached hydrogens (tertiary/aromatic N) is 2. The van der Waals surface area contributed by atoms with E-state index in [9.17, 15) is 14.7 Å². The highest BCUT2D eigenvalue weighted by Crippen LogP contribution is 2.44. The molecule has 1 atom stereocenters. The van der Waals surface area contributed by atoms with Crippen LogP contribution in [-0.2, 0) is 9.59 Å². The monoisotopic (exact) mass is 520 g/mol. The Balaban J connectivity index is 1.67. The summed E-state index contributed by atoms with van der Waals surface area (Å²) >= 11 is 7.37. The molecule has 1 amide bonds. The molecule has 0 aliphatic carbocycles. The number of halogens is 1. The summed E-state index contributed by atoms with van der Waals surface area (Å²) < 4.78 is 11.6. The number of amides is 1. The number of hydrogen-bond donors (Lipinski definition) is 1. The molecule has 0 spiro atoms. The topological polar surface area (TPSA) is 89.0 Å². The van der Waals surface area contributed by atoms with Crippen LogP contribution in [0, 0.1) is 0 Å². The molecule has 3 aromatic carbocycles. The van der Waals surface area contributed by atoms with Crippen molar-refractivity contribution in [2.45, 2.75) is 13.0 Å². The Morgan fingerprint density at radius 2 is 1.75 bits per heavy atom. The number of rotatable bonds is 6. The summed E-state index contributed by atoms with van der Waals surface area (Å²) in [6.45, 7) is 2.42. The number of aliphatic hydroxyl groups is 1. The maximum absolute atomic E-state index is 13.4. The summed E-state index contributed by atoms with van der Waals surface area (Å²) in [6.07, 6.45) is 0. The number of hydrogen-bond acceptors (Lipinski definition) is 7. The molecule has 0 saturated carbocycles. The molecule has 182 valence electrons. The first-order valence-electron chi connectivity index (χ1n) is 11.2. The van der Waals surface area contributed by atoms with Crippen molar-refractivity contribution in [1.29, 1.82) is 0 Å². The van der Waals surface area contributed by atoms with Crippen molar-refractivity contribution in [1.82, 2.24) is 4.98 Å². The molecule has 1 aromatic heterocycles. The van der Waals surface area contributed by atoms with E-state index in [1.807, 2.05) is 25.1 Å². The predicted molar refractivity (Wildman–Crippen MR) is 140 cm³/mol. The van der Waals surface area contributed by atoms with Gasteiger partial charge in [0, 0.05) is 10.6 Å². The van der Waals surface area contributed by atoms with E-state index in [0.717, 1.165) is 4.70 Å². The average molecular weight is 521 g/mol. The van der Waals surface area contributed by atoms with Gasteiger partial charge in [-0.15, -0.1) is 0 Å². The maximum atomic E-state index is 13.4. The van der Waals surface area contributed by atoms with Gasteiger partial charge < -0.3 is 14.6 Å². The van der Waals surface area contributed by atoms with Crippen LogP contribution < -0.4 is 14.4 Å². The van der Waals surface area contributed by atoms with Gasteiger partial charge in [0.2, 0.25) is 0 Å². The molecule has 5 rings (SSSR count). The molecule has 0 radical (unpaired) electrons. The van der Waals surface area contributed by atoms with Gasteiger partial charge in [0.25, 0.3) is 5.78 Å². The summed E-state index contributed by atoms with van der Waals surface area (Å²) in [5.74, 6) is -0.553. The van der Waals surface area contributed by atoms with Gasteiger partial charge in [-0.25, -0.2) is 4.98 Å². The van der Waals surface area contributed by atoms with E-state index in [1.54, 1.807) is 48.5 Å². The molecule has 1 saturated heterocycles. The number of carbonyl (C=O) groups is 2. The normalized spacial score (nSPS) is 17.1. The second kappa shape index (κ2) is 9.64. The van der Waals surface area contributed by atoms with Gasteiger partial charge in [0.1, 0.15) is 17.3 Å². The predicted octanol–water partition coefficient (Wildman–Crippen LogP) is 5.98. The molecular formula is C27H21ClN2O5S. The Bertz CT molecular complexity index is 1500. The zero-order chi connectivity index (χ0) is 25.4. The number of Topliss-reactive ketones (excluding diaryl/α,β-unsaturated/α-hetero) is 1. The van der Waals surface area contributed by atoms with Crippen LogP contribution in [0.5, 0.6) is 11.5 Å². The zero-order valence-electron chi connectivity index (χ0n) is 19.4. The van der Waals surface area contributed by atoms with Gasteiger partial charge in [-0.05, 0) is 67.1 Å². The van der Waals surface area contributed by atoms with Crippen LogP contribution in [0.2, 0.25) is 5.02 Å². The highest BCUT2D eigenvalue weighted by Gasteiger charge is 2.48. The summed E-state index contributed by atoms with van der Waals surface area (Å²) in [5.41, 5.74) is 1.65. The van der Waals surface area contributed by atoms with Gasteiger partial charge in [0.15, 0.2) is 5.13 Å². The number of benzene rings is 3. The van der Waals surface area contributed by atoms with Crippen molar-refractivity contribution >= 4 is 55.7 Å². The highest BCUT2D eigenvalue weighted by molar-refractivity contribution is 7.22. The van der Waals surface area contributed by atoms with E-state index in [1.165, 1.54) is 23.3 Å². The molecule has 1 fully saturated rings. The van der Waals surface area contributed by atoms with E-state index in [-0.39, 0.29) is 11.3 Å². The van der Waals surface area contributed by atoms with Crippen LogP contribution >= 0.6 is 22.9 Å². The quantitative estimate of drug-likeness (QED) is 0.191. The molecule has 36 heavy (non-hydrogen) atoms. The maximum Gasteiger partial charge on any atom is 0.301 e. The first kappa shape index (κ1) is 23.8.